The standard InChI is InChI=1S/C20H22N6O/c1-11(2)26-15(8-14-7-5-6-12(3)16(14)20(26)27)13(4)25-19-17-18(22-9-21-17)23-10-24-19/h5-11,13H,1-4H3,(H2,21,22,23,24,25). The van der Waals surface area contributed by atoms with Gasteiger partial charge in [-0.1, -0.05) is 18.2 Å². The van der Waals surface area contributed by atoms with Crippen LogP contribution in [0.1, 0.15) is 44.1 Å². The van der Waals surface area contributed by atoms with Gasteiger partial charge in [-0.05, 0) is 44.7 Å². The summed E-state index contributed by atoms with van der Waals surface area (Å²) in [6, 6.07) is 7.95. The second-order valence-electron chi connectivity index (χ2n) is 7.07. The van der Waals surface area contributed by atoms with E-state index in [2.05, 4.69) is 31.3 Å². The first kappa shape index (κ1) is 17.2. The quantitative estimate of drug-likeness (QED) is 0.577. The molecule has 3 heterocycles. The lowest BCUT2D eigenvalue weighted by molar-refractivity contribution is 0.541. The Bertz CT molecular complexity index is 1190. The van der Waals surface area contributed by atoms with E-state index in [-0.39, 0.29) is 17.6 Å². The summed E-state index contributed by atoms with van der Waals surface area (Å²) >= 11 is 0. The molecule has 0 fully saturated rings. The van der Waals surface area contributed by atoms with E-state index in [9.17, 15) is 4.79 Å². The van der Waals surface area contributed by atoms with Gasteiger partial charge in [-0.15, -0.1) is 0 Å². The van der Waals surface area contributed by atoms with Gasteiger partial charge >= 0.3 is 0 Å². The fourth-order valence-corrected chi connectivity index (χ4v) is 3.59. The Kier molecular flexibility index (Phi) is 4.14. The highest BCUT2D eigenvalue weighted by molar-refractivity contribution is 5.85. The molecule has 1 atom stereocenters. The van der Waals surface area contributed by atoms with Gasteiger partial charge in [0, 0.05) is 11.7 Å². The molecule has 1 unspecified atom stereocenters. The molecule has 0 bridgehead atoms. The number of nitrogens with zero attached hydrogens (tertiary/aromatic N) is 4. The number of fused-ring (bicyclic) bond motifs is 2. The minimum absolute atomic E-state index is 0.0401. The van der Waals surface area contributed by atoms with Crippen LogP contribution in [0.4, 0.5) is 5.82 Å². The zero-order valence-electron chi connectivity index (χ0n) is 15.8. The van der Waals surface area contributed by atoms with Gasteiger partial charge in [-0.2, -0.15) is 0 Å². The number of H-pyrrole nitrogens is 1. The first-order valence-corrected chi connectivity index (χ1v) is 9.02. The van der Waals surface area contributed by atoms with Crippen LogP contribution in [0, 0.1) is 6.92 Å². The Morgan fingerprint density at radius 2 is 1.96 bits per heavy atom. The first-order chi connectivity index (χ1) is 13.0. The smallest absolute Gasteiger partial charge is 0.259 e. The Hall–Kier alpha value is -3.22. The normalized spacial score (nSPS) is 12.8. The van der Waals surface area contributed by atoms with Crippen LogP contribution in [0.3, 0.4) is 0 Å². The number of nitrogens with one attached hydrogen (secondary N) is 2. The van der Waals surface area contributed by atoms with E-state index in [0.717, 1.165) is 27.5 Å². The van der Waals surface area contributed by atoms with E-state index in [1.54, 1.807) is 6.33 Å². The second kappa shape index (κ2) is 6.50. The third kappa shape index (κ3) is 2.85. The summed E-state index contributed by atoms with van der Waals surface area (Å²) < 4.78 is 1.86. The van der Waals surface area contributed by atoms with Gasteiger partial charge in [0.15, 0.2) is 11.5 Å². The second-order valence-corrected chi connectivity index (χ2v) is 7.07. The highest BCUT2D eigenvalue weighted by Crippen LogP contribution is 2.26. The van der Waals surface area contributed by atoms with Crippen LogP contribution < -0.4 is 10.9 Å². The van der Waals surface area contributed by atoms with Crippen LogP contribution in [0.5, 0.6) is 0 Å². The van der Waals surface area contributed by atoms with Crippen LogP contribution in [-0.4, -0.2) is 24.5 Å². The van der Waals surface area contributed by atoms with Crippen LogP contribution in [0.25, 0.3) is 21.9 Å². The number of benzene rings is 1. The maximum absolute atomic E-state index is 13.2. The number of aromatic amines is 1. The number of imidazole rings is 1. The molecule has 138 valence electrons. The maximum atomic E-state index is 13.2. The van der Waals surface area contributed by atoms with Gasteiger partial charge in [0.05, 0.1) is 17.8 Å². The van der Waals surface area contributed by atoms with Crippen molar-refractivity contribution in [3.63, 3.8) is 0 Å². The predicted molar refractivity (Wildman–Crippen MR) is 107 cm³/mol. The van der Waals surface area contributed by atoms with E-state index in [1.807, 2.05) is 50.5 Å². The average molecular weight is 362 g/mol. The monoisotopic (exact) mass is 362 g/mol. The molecule has 0 aliphatic carbocycles. The van der Waals surface area contributed by atoms with E-state index < -0.39 is 0 Å². The van der Waals surface area contributed by atoms with Gasteiger partial charge in [-0.25, -0.2) is 15.0 Å². The van der Waals surface area contributed by atoms with E-state index in [4.69, 9.17) is 0 Å². The number of aryl methyl sites for hydroxylation is 1. The lowest BCUT2D eigenvalue weighted by atomic mass is 10.0. The Labute approximate surface area is 156 Å². The largest absolute Gasteiger partial charge is 0.360 e. The zero-order chi connectivity index (χ0) is 19.1. The van der Waals surface area contributed by atoms with E-state index in [0.29, 0.717) is 11.5 Å². The average Bonchev–Trinajstić information content (AvgIpc) is 3.10. The van der Waals surface area contributed by atoms with Crippen molar-refractivity contribution in [3.8, 4) is 0 Å². The molecule has 0 aliphatic rings. The molecule has 3 aromatic heterocycles. The topological polar surface area (TPSA) is 88.5 Å². The van der Waals surface area contributed by atoms with Crippen molar-refractivity contribution in [1.29, 1.82) is 0 Å². The highest BCUT2D eigenvalue weighted by Gasteiger charge is 2.19. The number of hydrogen-bond acceptors (Lipinski definition) is 5. The third-order valence-corrected chi connectivity index (χ3v) is 4.86. The van der Waals surface area contributed by atoms with Crippen molar-refractivity contribution in [2.75, 3.05) is 5.32 Å². The molecule has 1 aromatic carbocycles. The van der Waals surface area contributed by atoms with Crippen molar-refractivity contribution >= 4 is 27.8 Å². The molecular weight excluding hydrogens is 340 g/mol. The summed E-state index contributed by atoms with van der Waals surface area (Å²) in [4.78, 5) is 28.9. The summed E-state index contributed by atoms with van der Waals surface area (Å²) in [7, 11) is 0. The fraction of sp³-hybridized carbons (Fsp3) is 0.300. The van der Waals surface area contributed by atoms with Crippen molar-refractivity contribution in [3.05, 3.63) is 58.5 Å². The van der Waals surface area contributed by atoms with Gasteiger partial charge in [0.2, 0.25) is 0 Å². The molecule has 0 radical (unpaired) electrons. The van der Waals surface area contributed by atoms with Crippen LogP contribution in [0.2, 0.25) is 0 Å². The van der Waals surface area contributed by atoms with Crippen molar-refractivity contribution in [1.82, 2.24) is 24.5 Å². The maximum Gasteiger partial charge on any atom is 0.259 e. The Morgan fingerprint density at radius 1 is 1.15 bits per heavy atom. The number of pyridine rings is 1. The molecule has 7 nitrogen and oxygen atoms in total. The van der Waals surface area contributed by atoms with Crippen molar-refractivity contribution < 1.29 is 0 Å². The summed E-state index contributed by atoms with van der Waals surface area (Å²) in [5, 5.41) is 5.14. The van der Waals surface area contributed by atoms with Gasteiger partial charge in [0.25, 0.3) is 5.56 Å². The van der Waals surface area contributed by atoms with Crippen molar-refractivity contribution in [2.45, 2.75) is 39.8 Å². The molecule has 0 saturated carbocycles. The van der Waals surface area contributed by atoms with Crippen molar-refractivity contribution in [2.24, 2.45) is 0 Å². The third-order valence-electron chi connectivity index (χ3n) is 4.86. The van der Waals surface area contributed by atoms with Gasteiger partial charge < -0.3 is 14.9 Å². The first-order valence-electron chi connectivity index (χ1n) is 9.02. The lowest BCUT2D eigenvalue weighted by Gasteiger charge is -2.23. The minimum Gasteiger partial charge on any atom is -0.360 e. The van der Waals surface area contributed by atoms with Crippen LogP contribution in [-0.2, 0) is 0 Å². The summed E-state index contributed by atoms with van der Waals surface area (Å²) in [5.74, 6) is 0.664. The lowest BCUT2D eigenvalue weighted by Crippen LogP contribution is -2.28. The van der Waals surface area contributed by atoms with Gasteiger partial charge in [-0.3, -0.25) is 4.79 Å². The minimum atomic E-state index is -0.133. The van der Waals surface area contributed by atoms with E-state index in [1.165, 1.54) is 6.33 Å². The molecule has 4 rings (SSSR count). The van der Waals surface area contributed by atoms with Crippen LogP contribution in [0.15, 0.2) is 41.7 Å². The number of rotatable bonds is 4. The number of aromatic nitrogens is 5. The molecule has 7 heteroatoms. The fourth-order valence-electron chi connectivity index (χ4n) is 3.59. The highest BCUT2D eigenvalue weighted by atomic mass is 16.1. The number of anilines is 1. The van der Waals surface area contributed by atoms with Crippen LogP contribution >= 0.6 is 0 Å². The molecule has 0 saturated heterocycles. The molecular formula is C20H22N6O. The molecule has 0 spiro atoms. The summed E-state index contributed by atoms with van der Waals surface area (Å²) in [6.45, 7) is 8.06. The number of hydrogen-bond donors (Lipinski definition) is 2. The van der Waals surface area contributed by atoms with E-state index >= 15 is 0 Å². The predicted octanol–water partition coefficient (Wildman–Crippen LogP) is 3.73. The molecule has 4 aromatic rings. The molecule has 0 aliphatic heterocycles. The summed E-state index contributed by atoms with van der Waals surface area (Å²) in [6.07, 6.45) is 3.08. The molecule has 0 amide bonds. The summed E-state index contributed by atoms with van der Waals surface area (Å²) in [5.41, 5.74) is 3.31. The SMILES string of the molecule is Cc1cccc2cc(C(C)Nc3ncnc4nc[nH]c34)n(C(C)C)c(=O)c12. The Morgan fingerprint density at radius 3 is 2.74 bits per heavy atom. The Balaban J connectivity index is 1.86. The van der Waals surface area contributed by atoms with Gasteiger partial charge in [0.1, 0.15) is 11.8 Å². The molecule has 27 heavy (non-hydrogen) atoms. The zero-order valence-corrected chi connectivity index (χ0v) is 15.8. The molecule has 2 N–H and O–H groups in total.